The van der Waals surface area contributed by atoms with Gasteiger partial charge in [0, 0.05) is 38.3 Å². The summed E-state index contributed by atoms with van der Waals surface area (Å²) < 4.78 is 24.3. The lowest BCUT2D eigenvalue weighted by Gasteiger charge is -2.44. The molecule has 0 aromatic carbocycles. The van der Waals surface area contributed by atoms with Gasteiger partial charge < -0.3 is 4.90 Å². The highest BCUT2D eigenvalue weighted by atomic mass is 19.1. The lowest BCUT2D eigenvalue weighted by atomic mass is 10.1. The zero-order valence-electron chi connectivity index (χ0n) is 10.5. The summed E-state index contributed by atoms with van der Waals surface area (Å²) in [6.07, 6.45) is 1.25. The van der Waals surface area contributed by atoms with Crippen molar-refractivity contribution in [2.45, 2.75) is 38.8 Å². The Kier molecular flexibility index (Phi) is 6.21. The first kappa shape index (κ1) is 13.8. The van der Waals surface area contributed by atoms with Gasteiger partial charge in [-0.05, 0) is 26.7 Å². The SMILES string of the molecule is C[C@@H]1CN(CCCF)C[C@@H](C)N1CCCF. The first-order valence-corrected chi connectivity index (χ1v) is 6.29. The molecule has 0 N–H and O–H groups in total. The highest BCUT2D eigenvalue weighted by molar-refractivity contribution is 4.84. The lowest BCUT2D eigenvalue weighted by molar-refractivity contribution is 0.0357. The molecule has 1 aliphatic rings. The van der Waals surface area contributed by atoms with Crippen LogP contribution in [0.2, 0.25) is 0 Å². The summed E-state index contributed by atoms with van der Waals surface area (Å²) in [6.45, 7) is 7.55. The molecular weight excluding hydrogens is 210 g/mol. The largest absolute Gasteiger partial charge is 0.300 e. The third kappa shape index (κ3) is 3.98. The topological polar surface area (TPSA) is 6.48 Å². The molecular formula is C12H24F2N2. The van der Waals surface area contributed by atoms with Gasteiger partial charge in [0.25, 0.3) is 0 Å². The Morgan fingerprint density at radius 2 is 1.44 bits per heavy atom. The van der Waals surface area contributed by atoms with Gasteiger partial charge >= 0.3 is 0 Å². The molecule has 96 valence electrons. The number of halogens is 2. The minimum absolute atomic E-state index is 0.231. The molecule has 2 nitrogen and oxygen atoms in total. The predicted molar refractivity (Wildman–Crippen MR) is 63.3 cm³/mol. The van der Waals surface area contributed by atoms with Crippen LogP contribution < -0.4 is 0 Å². The van der Waals surface area contributed by atoms with Crippen molar-refractivity contribution in [1.29, 1.82) is 0 Å². The molecule has 0 aliphatic carbocycles. The van der Waals surface area contributed by atoms with Crippen molar-refractivity contribution >= 4 is 0 Å². The Labute approximate surface area is 97.6 Å². The van der Waals surface area contributed by atoms with Crippen LogP contribution in [0.4, 0.5) is 8.78 Å². The van der Waals surface area contributed by atoms with E-state index in [1.54, 1.807) is 0 Å². The van der Waals surface area contributed by atoms with Gasteiger partial charge in [0.15, 0.2) is 0 Å². The molecule has 16 heavy (non-hydrogen) atoms. The Bertz CT molecular complexity index is 178. The number of alkyl halides is 2. The molecule has 1 heterocycles. The molecule has 0 radical (unpaired) electrons. The summed E-state index contributed by atoms with van der Waals surface area (Å²) in [5.74, 6) is 0. The van der Waals surface area contributed by atoms with Crippen LogP contribution in [0.25, 0.3) is 0 Å². The number of piperazine rings is 1. The summed E-state index contributed by atoms with van der Waals surface area (Å²) in [7, 11) is 0. The number of nitrogens with zero attached hydrogens (tertiary/aromatic N) is 2. The van der Waals surface area contributed by atoms with E-state index in [0.29, 0.717) is 24.9 Å². The highest BCUT2D eigenvalue weighted by Crippen LogP contribution is 2.16. The van der Waals surface area contributed by atoms with Crippen molar-refractivity contribution in [2.75, 3.05) is 39.5 Å². The second-order valence-corrected chi connectivity index (χ2v) is 4.78. The minimum Gasteiger partial charge on any atom is -0.300 e. The van der Waals surface area contributed by atoms with E-state index in [9.17, 15) is 8.78 Å². The fourth-order valence-electron chi connectivity index (χ4n) is 2.62. The Hall–Kier alpha value is -0.220. The predicted octanol–water partition coefficient (Wildman–Crippen LogP) is 2.10. The van der Waals surface area contributed by atoms with Gasteiger partial charge in [-0.15, -0.1) is 0 Å². The summed E-state index contributed by atoms with van der Waals surface area (Å²) in [6, 6.07) is 0.907. The van der Waals surface area contributed by atoms with Gasteiger partial charge in [0.2, 0.25) is 0 Å². The molecule has 4 heteroatoms. The molecule has 1 aliphatic heterocycles. The van der Waals surface area contributed by atoms with E-state index in [1.807, 2.05) is 0 Å². The van der Waals surface area contributed by atoms with E-state index >= 15 is 0 Å². The highest BCUT2D eigenvalue weighted by Gasteiger charge is 2.28. The van der Waals surface area contributed by atoms with Crippen molar-refractivity contribution < 1.29 is 8.78 Å². The lowest BCUT2D eigenvalue weighted by Crippen LogP contribution is -2.56. The van der Waals surface area contributed by atoms with Gasteiger partial charge in [0.05, 0.1) is 13.3 Å². The van der Waals surface area contributed by atoms with Gasteiger partial charge in [-0.1, -0.05) is 0 Å². The van der Waals surface area contributed by atoms with E-state index in [-0.39, 0.29) is 13.3 Å². The zero-order valence-corrected chi connectivity index (χ0v) is 10.5. The Morgan fingerprint density at radius 1 is 0.938 bits per heavy atom. The fraction of sp³-hybridized carbons (Fsp3) is 1.00. The third-order valence-electron chi connectivity index (χ3n) is 3.34. The van der Waals surface area contributed by atoms with Crippen LogP contribution >= 0.6 is 0 Å². The van der Waals surface area contributed by atoms with Gasteiger partial charge in [-0.25, -0.2) is 0 Å². The molecule has 0 unspecified atom stereocenters. The number of hydrogen-bond donors (Lipinski definition) is 0. The molecule has 2 atom stereocenters. The number of hydrogen-bond acceptors (Lipinski definition) is 2. The van der Waals surface area contributed by atoms with E-state index < -0.39 is 0 Å². The average molecular weight is 234 g/mol. The maximum atomic E-state index is 12.2. The smallest absolute Gasteiger partial charge is 0.0906 e. The minimum atomic E-state index is -0.235. The van der Waals surface area contributed by atoms with E-state index in [2.05, 4.69) is 23.6 Å². The second kappa shape index (κ2) is 7.17. The first-order valence-electron chi connectivity index (χ1n) is 6.29. The van der Waals surface area contributed by atoms with Gasteiger partial charge in [-0.3, -0.25) is 13.7 Å². The first-order chi connectivity index (χ1) is 7.69. The van der Waals surface area contributed by atoms with Crippen LogP contribution in [-0.4, -0.2) is 61.4 Å². The van der Waals surface area contributed by atoms with Crippen LogP contribution in [0.5, 0.6) is 0 Å². The van der Waals surface area contributed by atoms with E-state index in [1.165, 1.54) is 0 Å². The van der Waals surface area contributed by atoms with Crippen LogP contribution in [0.1, 0.15) is 26.7 Å². The van der Waals surface area contributed by atoms with Crippen molar-refractivity contribution in [1.82, 2.24) is 9.80 Å². The molecule has 0 bridgehead atoms. The molecule has 1 rings (SSSR count). The third-order valence-corrected chi connectivity index (χ3v) is 3.34. The van der Waals surface area contributed by atoms with E-state index in [0.717, 1.165) is 26.2 Å². The molecule has 1 saturated heterocycles. The summed E-state index contributed by atoms with van der Waals surface area (Å²) in [5.41, 5.74) is 0. The standard InChI is InChI=1S/C12H24F2N2/c1-11-9-15(7-3-5-13)10-12(2)16(11)8-4-6-14/h11-12H,3-10H2,1-2H3/t11-,12-/m1/s1. The van der Waals surface area contributed by atoms with Crippen LogP contribution in [0.15, 0.2) is 0 Å². The van der Waals surface area contributed by atoms with Gasteiger partial charge in [0.1, 0.15) is 0 Å². The molecule has 0 amide bonds. The zero-order chi connectivity index (χ0) is 12.0. The number of rotatable bonds is 6. The van der Waals surface area contributed by atoms with Crippen molar-refractivity contribution in [3.8, 4) is 0 Å². The fourth-order valence-corrected chi connectivity index (χ4v) is 2.62. The van der Waals surface area contributed by atoms with Gasteiger partial charge in [-0.2, -0.15) is 0 Å². The average Bonchev–Trinajstić information content (AvgIpc) is 2.25. The molecule has 0 saturated carbocycles. The normalized spacial score (nSPS) is 28.5. The molecule has 0 aromatic heterocycles. The summed E-state index contributed by atoms with van der Waals surface area (Å²) >= 11 is 0. The monoisotopic (exact) mass is 234 g/mol. The molecule has 0 spiro atoms. The maximum Gasteiger partial charge on any atom is 0.0906 e. The second-order valence-electron chi connectivity index (χ2n) is 4.78. The maximum absolute atomic E-state index is 12.2. The van der Waals surface area contributed by atoms with Crippen molar-refractivity contribution in [3.05, 3.63) is 0 Å². The Balaban J connectivity index is 2.37. The summed E-state index contributed by atoms with van der Waals surface area (Å²) in [5, 5.41) is 0. The Morgan fingerprint density at radius 3 is 1.94 bits per heavy atom. The van der Waals surface area contributed by atoms with Crippen molar-refractivity contribution in [2.24, 2.45) is 0 Å². The molecule has 1 fully saturated rings. The van der Waals surface area contributed by atoms with Crippen LogP contribution in [-0.2, 0) is 0 Å². The quantitative estimate of drug-likeness (QED) is 0.694. The van der Waals surface area contributed by atoms with Crippen LogP contribution in [0.3, 0.4) is 0 Å². The van der Waals surface area contributed by atoms with Crippen LogP contribution in [0, 0.1) is 0 Å². The molecule has 0 aromatic rings. The van der Waals surface area contributed by atoms with E-state index in [4.69, 9.17) is 0 Å². The summed E-state index contributed by atoms with van der Waals surface area (Å²) in [4.78, 5) is 4.69. The van der Waals surface area contributed by atoms with Crippen molar-refractivity contribution in [3.63, 3.8) is 0 Å².